The number of nitrogens with two attached hydrogens (primary N) is 1. The summed E-state index contributed by atoms with van der Waals surface area (Å²) >= 11 is 13.5. The third-order valence-electron chi connectivity index (χ3n) is 2.33. The molecule has 20 heavy (non-hydrogen) atoms. The van der Waals surface area contributed by atoms with Gasteiger partial charge >= 0.3 is 0 Å². The minimum Gasteiger partial charge on any atom is -0.490 e. The Morgan fingerprint density at radius 3 is 2.60 bits per heavy atom. The Hall–Kier alpha value is -1.17. The predicted molar refractivity (Wildman–Crippen MR) is 83.9 cm³/mol. The second kappa shape index (κ2) is 7.02. The van der Waals surface area contributed by atoms with E-state index < -0.39 is 0 Å². The number of hydrogen-bond donors (Lipinski definition) is 1. The zero-order chi connectivity index (χ0) is 14.5. The van der Waals surface area contributed by atoms with Crippen LogP contribution in [0.2, 0.25) is 10.0 Å². The highest BCUT2D eigenvalue weighted by Gasteiger charge is 2.07. The smallest absolute Gasteiger partial charge is 0.189 e. The van der Waals surface area contributed by atoms with Gasteiger partial charge < -0.3 is 10.5 Å². The van der Waals surface area contributed by atoms with Gasteiger partial charge in [0.1, 0.15) is 5.82 Å². The van der Waals surface area contributed by atoms with Gasteiger partial charge in [0.15, 0.2) is 10.9 Å². The molecule has 0 spiro atoms. The number of hydrogen-bond acceptors (Lipinski definition) is 5. The lowest BCUT2D eigenvalue weighted by atomic mass is 10.3. The Kier molecular flexibility index (Phi) is 5.34. The van der Waals surface area contributed by atoms with E-state index in [1.54, 1.807) is 24.3 Å². The van der Waals surface area contributed by atoms with E-state index in [0.717, 1.165) is 5.69 Å². The number of nitrogen functional groups attached to an aromatic ring is 1. The highest BCUT2D eigenvalue weighted by molar-refractivity contribution is 7.99. The maximum absolute atomic E-state index is 6.01. The van der Waals surface area contributed by atoms with Gasteiger partial charge in [-0.15, -0.1) is 0 Å². The molecular formula is C13H13Cl2N3OS. The highest BCUT2D eigenvalue weighted by atomic mass is 35.5. The number of benzene rings is 1. The van der Waals surface area contributed by atoms with Crippen molar-refractivity contribution in [2.45, 2.75) is 12.1 Å². The number of ether oxygens (including phenoxy) is 1. The van der Waals surface area contributed by atoms with Gasteiger partial charge in [0.25, 0.3) is 0 Å². The van der Waals surface area contributed by atoms with Crippen molar-refractivity contribution in [3.05, 3.63) is 40.0 Å². The van der Waals surface area contributed by atoms with E-state index in [2.05, 4.69) is 9.97 Å². The average molecular weight is 330 g/mol. The molecule has 1 aromatic heterocycles. The molecule has 0 unspecified atom stereocenters. The molecule has 2 aromatic rings. The molecule has 1 aromatic carbocycles. The van der Waals surface area contributed by atoms with Crippen LogP contribution in [-0.2, 0) is 0 Å². The number of halogens is 2. The Labute approximate surface area is 131 Å². The molecule has 0 atom stereocenters. The van der Waals surface area contributed by atoms with Crippen molar-refractivity contribution in [1.82, 2.24) is 9.97 Å². The number of nitrogens with zero attached hydrogens (tertiary/aromatic N) is 2. The van der Waals surface area contributed by atoms with E-state index in [-0.39, 0.29) is 0 Å². The first-order valence-electron chi connectivity index (χ1n) is 5.87. The van der Waals surface area contributed by atoms with E-state index >= 15 is 0 Å². The van der Waals surface area contributed by atoms with Crippen molar-refractivity contribution in [2.24, 2.45) is 0 Å². The molecule has 106 valence electrons. The van der Waals surface area contributed by atoms with Crippen LogP contribution in [0.1, 0.15) is 5.69 Å². The molecule has 2 N–H and O–H groups in total. The lowest BCUT2D eigenvalue weighted by Gasteiger charge is -2.09. The van der Waals surface area contributed by atoms with Crippen LogP contribution >= 0.6 is 35.0 Å². The molecule has 0 amide bonds. The number of anilines is 1. The SMILES string of the molecule is Cc1cc(N)nc(SCCOc2c(Cl)cccc2Cl)n1. The molecule has 1 heterocycles. The summed E-state index contributed by atoms with van der Waals surface area (Å²) in [7, 11) is 0. The first-order chi connectivity index (χ1) is 9.56. The van der Waals surface area contributed by atoms with Crippen LogP contribution in [0.3, 0.4) is 0 Å². The fourth-order valence-electron chi connectivity index (χ4n) is 1.53. The summed E-state index contributed by atoms with van der Waals surface area (Å²) in [4.78, 5) is 8.41. The predicted octanol–water partition coefficient (Wildman–Crippen LogP) is 3.85. The van der Waals surface area contributed by atoms with Gasteiger partial charge in [-0.05, 0) is 19.1 Å². The molecule has 0 saturated heterocycles. The lowest BCUT2D eigenvalue weighted by molar-refractivity contribution is 0.344. The van der Waals surface area contributed by atoms with Crippen LogP contribution in [0.25, 0.3) is 0 Å². The monoisotopic (exact) mass is 329 g/mol. The first-order valence-corrected chi connectivity index (χ1v) is 7.61. The molecule has 2 rings (SSSR count). The van der Waals surface area contributed by atoms with E-state index in [1.807, 2.05) is 6.92 Å². The zero-order valence-corrected chi connectivity index (χ0v) is 13.1. The van der Waals surface area contributed by atoms with Gasteiger partial charge in [-0.1, -0.05) is 41.0 Å². The highest BCUT2D eigenvalue weighted by Crippen LogP contribution is 2.32. The van der Waals surface area contributed by atoms with Crippen molar-refractivity contribution >= 4 is 40.8 Å². The summed E-state index contributed by atoms with van der Waals surface area (Å²) in [5.74, 6) is 1.64. The maximum Gasteiger partial charge on any atom is 0.189 e. The van der Waals surface area contributed by atoms with E-state index in [1.165, 1.54) is 11.8 Å². The molecule has 0 aliphatic rings. The maximum atomic E-state index is 6.01. The molecule has 0 bridgehead atoms. The van der Waals surface area contributed by atoms with E-state index in [4.69, 9.17) is 33.7 Å². The van der Waals surface area contributed by atoms with Gasteiger partial charge in [-0.2, -0.15) is 0 Å². The van der Waals surface area contributed by atoms with Gasteiger partial charge in [-0.25, -0.2) is 9.97 Å². The lowest BCUT2D eigenvalue weighted by Crippen LogP contribution is -2.03. The van der Waals surface area contributed by atoms with Crippen LogP contribution in [-0.4, -0.2) is 22.3 Å². The van der Waals surface area contributed by atoms with Crippen LogP contribution in [0.5, 0.6) is 5.75 Å². The molecule has 7 heteroatoms. The van der Waals surface area contributed by atoms with Crippen LogP contribution in [0, 0.1) is 6.92 Å². The number of para-hydroxylation sites is 1. The summed E-state index contributed by atoms with van der Waals surface area (Å²) < 4.78 is 5.58. The molecule has 0 radical (unpaired) electrons. The van der Waals surface area contributed by atoms with Crippen molar-refractivity contribution in [3.63, 3.8) is 0 Å². The summed E-state index contributed by atoms with van der Waals surface area (Å²) in [6, 6.07) is 6.97. The van der Waals surface area contributed by atoms with Crippen LogP contribution in [0.15, 0.2) is 29.4 Å². The first kappa shape index (κ1) is 15.2. The molecular weight excluding hydrogens is 317 g/mol. The Balaban J connectivity index is 1.88. The van der Waals surface area contributed by atoms with Gasteiger partial charge in [0, 0.05) is 17.5 Å². The minimum atomic E-state index is 0.450. The van der Waals surface area contributed by atoms with Crippen molar-refractivity contribution in [2.75, 3.05) is 18.1 Å². The molecule has 0 aliphatic carbocycles. The fourth-order valence-corrected chi connectivity index (χ4v) is 2.76. The average Bonchev–Trinajstić information content (AvgIpc) is 2.36. The zero-order valence-electron chi connectivity index (χ0n) is 10.8. The number of rotatable bonds is 5. The molecule has 0 fully saturated rings. The minimum absolute atomic E-state index is 0.450. The largest absolute Gasteiger partial charge is 0.490 e. The van der Waals surface area contributed by atoms with Crippen LogP contribution < -0.4 is 10.5 Å². The van der Waals surface area contributed by atoms with Gasteiger partial charge in [0.05, 0.1) is 16.7 Å². The summed E-state index contributed by atoms with van der Waals surface area (Å²) in [5.41, 5.74) is 6.51. The number of aromatic nitrogens is 2. The van der Waals surface area contributed by atoms with Gasteiger partial charge in [0.2, 0.25) is 0 Å². The number of thioether (sulfide) groups is 1. The Bertz CT molecular complexity index is 570. The normalized spacial score (nSPS) is 10.6. The summed E-state index contributed by atoms with van der Waals surface area (Å²) in [6.07, 6.45) is 0. The Morgan fingerprint density at radius 1 is 1.25 bits per heavy atom. The summed E-state index contributed by atoms with van der Waals surface area (Å²) in [5, 5.41) is 1.63. The van der Waals surface area contributed by atoms with Crippen molar-refractivity contribution < 1.29 is 4.74 Å². The van der Waals surface area contributed by atoms with Crippen molar-refractivity contribution in [3.8, 4) is 5.75 Å². The quantitative estimate of drug-likeness (QED) is 0.513. The third-order valence-corrected chi connectivity index (χ3v) is 3.74. The topological polar surface area (TPSA) is 61.0 Å². The van der Waals surface area contributed by atoms with E-state index in [0.29, 0.717) is 39.1 Å². The second-order valence-corrected chi connectivity index (χ2v) is 5.84. The molecule has 0 aliphatic heterocycles. The fraction of sp³-hybridized carbons (Fsp3) is 0.231. The van der Waals surface area contributed by atoms with Crippen LogP contribution in [0.4, 0.5) is 5.82 Å². The summed E-state index contributed by atoms with van der Waals surface area (Å²) in [6.45, 7) is 2.33. The second-order valence-electron chi connectivity index (χ2n) is 3.96. The number of aryl methyl sites for hydroxylation is 1. The molecule has 4 nitrogen and oxygen atoms in total. The third kappa shape index (κ3) is 4.16. The Morgan fingerprint density at radius 2 is 1.95 bits per heavy atom. The molecule has 0 saturated carbocycles. The van der Waals surface area contributed by atoms with Crippen molar-refractivity contribution in [1.29, 1.82) is 0 Å². The van der Waals surface area contributed by atoms with E-state index in [9.17, 15) is 0 Å². The van der Waals surface area contributed by atoms with Gasteiger partial charge in [-0.3, -0.25) is 0 Å². The standard InChI is InChI=1S/C13H13Cl2N3OS/c1-8-7-11(16)18-13(17-8)20-6-5-19-12-9(14)3-2-4-10(12)15/h2-4,7H,5-6H2,1H3,(H2,16,17,18).